The number of H-pyrrole nitrogens is 1. The zero-order chi connectivity index (χ0) is 12.2. The highest BCUT2D eigenvalue weighted by Crippen LogP contribution is 2.22. The third-order valence-corrected chi connectivity index (χ3v) is 4.77. The lowest BCUT2D eigenvalue weighted by Gasteiger charge is -2.21. The van der Waals surface area contributed by atoms with Crippen LogP contribution in [0.5, 0.6) is 0 Å². The summed E-state index contributed by atoms with van der Waals surface area (Å²) < 4.78 is 0. The molecule has 18 heavy (non-hydrogen) atoms. The molecule has 0 saturated carbocycles. The van der Waals surface area contributed by atoms with Crippen LogP contribution in [0, 0.1) is 5.92 Å². The number of aromatic nitrogens is 1. The Kier molecular flexibility index (Phi) is 3.91. The van der Waals surface area contributed by atoms with Gasteiger partial charge < -0.3 is 10.3 Å². The van der Waals surface area contributed by atoms with E-state index in [1.165, 1.54) is 47.4 Å². The predicted octanol–water partition coefficient (Wildman–Crippen LogP) is 3.40. The van der Waals surface area contributed by atoms with Gasteiger partial charge in [0.2, 0.25) is 0 Å². The maximum absolute atomic E-state index is 3.61. The van der Waals surface area contributed by atoms with E-state index >= 15 is 0 Å². The van der Waals surface area contributed by atoms with Gasteiger partial charge in [0.25, 0.3) is 0 Å². The Balaban J connectivity index is 1.52. The van der Waals surface area contributed by atoms with Crippen LogP contribution in [0.3, 0.4) is 0 Å². The molecule has 96 valence electrons. The van der Waals surface area contributed by atoms with Gasteiger partial charge in [0.15, 0.2) is 0 Å². The highest BCUT2D eigenvalue weighted by molar-refractivity contribution is 7.99. The van der Waals surface area contributed by atoms with Gasteiger partial charge in [0.1, 0.15) is 0 Å². The van der Waals surface area contributed by atoms with Crippen LogP contribution in [-0.2, 0) is 6.54 Å². The molecule has 1 saturated heterocycles. The zero-order valence-electron chi connectivity index (χ0n) is 10.6. The summed E-state index contributed by atoms with van der Waals surface area (Å²) in [6.45, 7) is 2.16. The van der Waals surface area contributed by atoms with Crippen LogP contribution in [0.15, 0.2) is 30.5 Å². The first-order chi connectivity index (χ1) is 8.92. The van der Waals surface area contributed by atoms with E-state index in [0.29, 0.717) is 0 Å². The second kappa shape index (κ2) is 5.81. The van der Waals surface area contributed by atoms with E-state index in [-0.39, 0.29) is 0 Å². The fourth-order valence-electron chi connectivity index (χ4n) is 2.58. The monoisotopic (exact) mass is 260 g/mol. The van der Waals surface area contributed by atoms with E-state index in [2.05, 4.69) is 46.3 Å². The largest absolute Gasteiger partial charge is 0.361 e. The Morgan fingerprint density at radius 2 is 2.11 bits per heavy atom. The first-order valence-electron chi connectivity index (χ1n) is 6.76. The Morgan fingerprint density at radius 1 is 1.22 bits per heavy atom. The van der Waals surface area contributed by atoms with E-state index in [9.17, 15) is 0 Å². The Morgan fingerprint density at radius 3 is 3.00 bits per heavy atom. The molecular weight excluding hydrogens is 240 g/mol. The van der Waals surface area contributed by atoms with Gasteiger partial charge in [-0.3, -0.25) is 0 Å². The Hall–Kier alpha value is -0.930. The quantitative estimate of drug-likeness (QED) is 0.882. The second-order valence-electron chi connectivity index (χ2n) is 5.09. The van der Waals surface area contributed by atoms with Gasteiger partial charge in [0.05, 0.1) is 0 Å². The first-order valence-corrected chi connectivity index (χ1v) is 7.92. The summed E-state index contributed by atoms with van der Waals surface area (Å²) in [5.74, 6) is 3.59. The summed E-state index contributed by atoms with van der Waals surface area (Å²) in [5.41, 5.74) is 2.61. The molecule has 2 N–H and O–H groups in total. The molecule has 0 amide bonds. The van der Waals surface area contributed by atoms with Gasteiger partial charge in [-0.05, 0) is 66.0 Å². The van der Waals surface area contributed by atoms with E-state index in [0.717, 1.165) is 12.5 Å². The third kappa shape index (κ3) is 2.90. The maximum Gasteiger partial charge on any atom is 0.0454 e. The van der Waals surface area contributed by atoms with Crippen LogP contribution in [0.2, 0.25) is 0 Å². The van der Waals surface area contributed by atoms with Crippen LogP contribution in [0.1, 0.15) is 18.4 Å². The van der Waals surface area contributed by atoms with E-state index in [4.69, 9.17) is 0 Å². The molecule has 1 fully saturated rings. The molecule has 0 radical (unpaired) electrons. The van der Waals surface area contributed by atoms with Gasteiger partial charge in [0, 0.05) is 18.3 Å². The average Bonchev–Trinajstić information content (AvgIpc) is 2.87. The smallest absolute Gasteiger partial charge is 0.0454 e. The number of rotatable bonds is 4. The number of fused-ring (bicyclic) bond motifs is 1. The summed E-state index contributed by atoms with van der Waals surface area (Å²) in [4.78, 5) is 3.23. The van der Waals surface area contributed by atoms with Crippen molar-refractivity contribution in [3.05, 3.63) is 36.0 Å². The minimum atomic E-state index is 0.891. The normalized spacial score (nSPS) is 17.3. The van der Waals surface area contributed by atoms with Gasteiger partial charge >= 0.3 is 0 Å². The van der Waals surface area contributed by atoms with Crippen molar-refractivity contribution in [1.82, 2.24) is 10.3 Å². The fourth-order valence-corrected chi connectivity index (χ4v) is 3.79. The second-order valence-corrected chi connectivity index (χ2v) is 6.31. The molecule has 2 nitrogen and oxygen atoms in total. The number of nitrogens with one attached hydrogen (secondary N) is 2. The lowest BCUT2D eigenvalue weighted by atomic mass is 10.0. The summed E-state index contributed by atoms with van der Waals surface area (Å²) in [7, 11) is 0. The molecule has 0 spiro atoms. The standard InChI is InChI=1S/C15H20N2S/c1-2-15-14(3-6-17-15)9-13(1)11-16-10-12-4-7-18-8-5-12/h1-3,6,9,12,16-17H,4-5,7-8,10-11H2. The molecule has 1 aliphatic rings. The molecule has 3 rings (SSSR count). The molecule has 0 unspecified atom stereocenters. The van der Waals surface area contributed by atoms with Crippen LogP contribution in [0.25, 0.3) is 10.9 Å². The van der Waals surface area contributed by atoms with Crippen molar-refractivity contribution in [1.29, 1.82) is 0 Å². The van der Waals surface area contributed by atoms with Gasteiger partial charge in [-0.2, -0.15) is 11.8 Å². The lowest BCUT2D eigenvalue weighted by molar-refractivity contribution is 0.448. The van der Waals surface area contributed by atoms with Crippen LogP contribution in [0.4, 0.5) is 0 Å². The molecule has 0 atom stereocenters. The molecular formula is C15H20N2S. The highest BCUT2D eigenvalue weighted by Gasteiger charge is 2.12. The number of aromatic amines is 1. The predicted molar refractivity (Wildman–Crippen MR) is 80.1 cm³/mol. The van der Waals surface area contributed by atoms with Gasteiger partial charge in [-0.15, -0.1) is 0 Å². The Labute approximate surface area is 113 Å². The summed E-state index contributed by atoms with van der Waals surface area (Å²) in [6, 6.07) is 8.79. The first kappa shape index (κ1) is 12.1. The topological polar surface area (TPSA) is 27.8 Å². The summed E-state index contributed by atoms with van der Waals surface area (Å²) in [5, 5.41) is 4.92. The molecule has 1 aromatic carbocycles. The van der Waals surface area contributed by atoms with Crippen molar-refractivity contribution in [2.45, 2.75) is 19.4 Å². The minimum absolute atomic E-state index is 0.891. The molecule has 2 heterocycles. The maximum atomic E-state index is 3.61. The van der Waals surface area contributed by atoms with Gasteiger partial charge in [-0.1, -0.05) is 6.07 Å². The van der Waals surface area contributed by atoms with Crippen LogP contribution in [-0.4, -0.2) is 23.0 Å². The summed E-state index contributed by atoms with van der Waals surface area (Å²) >= 11 is 2.10. The molecule has 2 aromatic rings. The molecule has 3 heteroatoms. The number of benzene rings is 1. The molecule has 1 aromatic heterocycles. The van der Waals surface area contributed by atoms with Crippen molar-refractivity contribution in [3.63, 3.8) is 0 Å². The van der Waals surface area contributed by atoms with Crippen molar-refractivity contribution < 1.29 is 0 Å². The molecule has 0 bridgehead atoms. The minimum Gasteiger partial charge on any atom is -0.361 e. The van der Waals surface area contributed by atoms with Crippen molar-refractivity contribution in [2.75, 3.05) is 18.1 Å². The Bertz CT molecular complexity index is 500. The summed E-state index contributed by atoms with van der Waals surface area (Å²) in [6.07, 6.45) is 4.77. The van der Waals surface area contributed by atoms with Crippen molar-refractivity contribution >= 4 is 22.7 Å². The third-order valence-electron chi connectivity index (χ3n) is 3.72. The van der Waals surface area contributed by atoms with E-state index in [1.807, 2.05) is 6.20 Å². The van der Waals surface area contributed by atoms with Crippen molar-refractivity contribution in [3.8, 4) is 0 Å². The van der Waals surface area contributed by atoms with Gasteiger partial charge in [-0.25, -0.2) is 0 Å². The van der Waals surface area contributed by atoms with E-state index in [1.54, 1.807) is 0 Å². The number of hydrogen-bond donors (Lipinski definition) is 2. The van der Waals surface area contributed by atoms with Crippen LogP contribution >= 0.6 is 11.8 Å². The number of thioether (sulfide) groups is 1. The van der Waals surface area contributed by atoms with Crippen molar-refractivity contribution in [2.24, 2.45) is 5.92 Å². The zero-order valence-corrected chi connectivity index (χ0v) is 11.4. The molecule has 0 aliphatic carbocycles. The van der Waals surface area contributed by atoms with E-state index < -0.39 is 0 Å². The number of hydrogen-bond acceptors (Lipinski definition) is 2. The SMILES string of the molecule is c1cc2cc(CNCC3CCSCC3)ccc2[nH]1. The van der Waals surface area contributed by atoms with Crippen LogP contribution < -0.4 is 5.32 Å². The fraction of sp³-hybridized carbons (Fsp3) is 0.467. The molecule has 1 aliphatic heterocycles. The average molecular weight is 260 g/mol. The lowest BCUT2D eigenvalue weighted by Crippen LogP contribution is -2.25. The highest BCUT2D eigenvalue weighted by atomic mass is 32.2.